The molecular weight excluding hydrogens is 1110 g/mol. The third-order valence-electron chi connectivity index (χ3n) is 14.3. The second-order valence-electron chi connectivity index (χ2n) is 20.2. The van der Waals surface area contributed by atoms with Gasteiger partial charge >= 0.3 is 5.97 Å². The number of amides is 3. The molecule has 0 spiro atoms. The van der Waals surface area contributed by atoms with Gasteiger partial charge in [0.2, 0.25) is 17.7 Å². The number of ether oxygens (including phenoxy) is 10. The highest BCUT2D eigenvalue weighted by atomic mass is 16.8. The fourth-order valence-corrected chi connectivity index (χ4v) is 9.78. The van der Waals surface area contributed by atoms with Gasteiger partial charge < -0.3 is 160 Å². The molecule has 470 valence electrons. The van der Waals surface area contributed by atoms with Crippen molar-refractivity contribution in [2.75, 3.05) is 39.6 Å². The first kappa shape index (κ1) is 68.5. The maximum absolute atomic E-state index is 13.2. The first-order chi connectivity index (χ1) is 38.0. The molecule has 36 nitrogen and oxygen atoms in total. The number of carboxylic acid groups (broad SMARTS) is 1. The summed E-state index contributed by atoms with van der Waals surface area (Å²) < 4.78 is 58.6. The van der Waals surface area contributed by atoms with Crippen molar-refractivity contribution in [3.05, 3.63) is 0 Å². The molecule has 0 aromatic rings. The quantitative estimate of drug-likeness (QED) is 0.0404. The standard InChI is InChI=1S/C45H77N3O33/c1-12-25(60)30(65)33(68)41(73-12)79-38-24(47-15(4)55)40(76-21(9-52)36(38)78-43-39(32(67)29(64)20(8-51)75-43)80-42-34(69)31(66)26(61)13(2)74-42)77-35(16(6-49)46-14(3)54)28(63)19(58)11-72-45(44(70)71)5-17(56)23(48-22(59)10-53)37(81-45)27(62)18(57)7-50/h12-13,16-21,23-43,49-53,56-58,60-69H,5-11H2,1-4H3,(H,46,54)(H,47,55)(H,48,59)(H,70,71)/t12-,13-,16-,17-,18+,19+,20+,21+,23+,24+,25+,26+,27+,28-,29-,30+,31+,32-,33-,34-,35+,36+,37+,38+,39+,40-,41-,42-,43-,45+/m0/s1. The SMILES string of the molecule is CC(=O)N[C@H]1[C@H](O[C@@H]([C@@H](O)[C@H](O)CO[C@]2(C(=O)O)C[C@H](O)[C@@H](NC(=O)CO)[C@H]([C@H](O)[C@H](O)CO)O2)[C@H](CO)NC(C)=O)O[C@H](CO)[C@@H](O[C@@H]2O[C@H](CO)[C@H](O)[C@H](O)[C@H]2O[C@@H]2O[C@@H](C)[C@@H](O)[C@@H](O)[C@@H]2O)[C@@H]1O[C@@H]1O[C@@H](C)[C@@H](O)[C@@H](O)[C@@H]1O. The molecule has 3 amide bonds. The zero-order valence-electron chi connectivity index (χ0n) is 43.9. The smallest absolute Gasteiger partial charge is 0.364 e. The third-order valence-corrected chi connectivity index (χ3v) is 14.3. The van der Waals surface area contributed by atoms with Crippen LogP contribution in [0.2, 0.25) is 0 Å². The van der Waals surface area contributed by atoms with Crippen LogP contribution >= 0.6 is 0 Å². The van der Waals surface area contributed by atoms with E-state index in [1.807, 2.05) is 0 Å². The number of aliphatic hydroxyl groups excluding tert-OH is 18. The van der Waals surface area contributed by atoms with Crippen LogP contribution in [-0.2, 0) is 66.5 Å². The predicted octanol–water partition coefficient (Wildman–Crippen LogP) is -13.8. The monoisotopic (exact) mass is 1190 g/mol. The number of rotatable bonds is 25. The van der Waals surface area contributed by atoms with E-state index in [0.29, 0.717) is 0 Å². The molecule has 5 heterocycles. The molecule has 0 bridgehead atoms. The van der Waals surface area contributed by atoms with Gasteiger partial charge in [0, 0.05) is 20.3 Å². The minimum atomic E-state index is -3.15. The molecule has 0 unspecified atom stereocenters. The number of hydrogen-bond donors (Lipinski definition) is 22. The van der Waals surface area contributed by atoms with Crippen LogP contribution in [0.25, 0.3) is 0 Å². The molecule has 5 rings (SSSR count). The highest BCUT2D eigenvalue weighted by molar-refractivity contribution is 5.78. The molecule has 5 aliphatic rings. The van der Waals surface area contributed by atoms with E-state index in [1.165, 1.54) is 13.8 Å². The zero-order valence-corrected chi connectivity index (χ0v) is 43.9. The van der Waals surface area contributed by atoms with Crippen LogP contribution in [0.3, 0.4) is 0 Å². The van der Waals surface area contributed by atoms with Crippen LogP contribution in [0.15, 0.2) is 0 Å². The largest absolute Gasteiger partial charge is 0.477 e. The van der Waals surface area contributed by atoms with E-state index in [0.717, 1.165) is 13.8 Å². The molecule has 5 aliphatic heterocycles. The van der Waals surface area contributed by atoms with E-state index < -0.39 is 253 Å². The molecule has 22 N–H and O–H groups in total. The van der Waals surface area contributed by atoms with Crippen molar-refractivity contribution >= 4 is 23.7 Å². The molecule has 0 radical (unpaired) electrons. The second kappa shape index (κ2) is 29.7. The molecule has 5 fully saturated rings. The second-order valence-corrected chi connectivity index (χ2v) is 20.2. The van der Waals surface area contributed by atoms with Gasteiger partial charge in [-0.15, -0.1) is 0 Å². The van der Waals surface area contributed by atoms with Gasteiger partial charge in [-0.3, -0.25) is 14.4 Å². The number of carbonyl (C=O) groups excluding carboxylic acids is 3. The maximum atomic E-state index is 13.2. The summed E-state index contributed by atoms with van der Waals surface area (Å²) in [6, 6.07) is -5.65. The van der Waals surface area contributed by atoms with Gasteiger partial charge in [0.05, 0.1) is 63.4 Å². The summed E-state index contributed by atoms with van der Waals surface area (Å²) in [6.45, 7) is -2.77. The fourth-order valence-electron chi connectivity index (χ4n) is 9.78. The minimum absolute atomic E-state index is 0.927. The van der Waals surface area contributed by atoms with Crippen molar-refractivity contribution in [1.82, 2.24) is 16.0 Å². The number of carbonyl (C=O) groups is 4. The number of carboxylic acids is 1. The summed E-state index contributed by atoms with van der Waals surface area (Å²) in [4.78, 5) is 50.9. The summed E-state index contributed by atoms with van der Waals surface area (Å²) in [5, 5.41) is 210. The highest BCUT2D eigenvalue weighted by Crippen LogP contribution is 2.38. The number of nitrogens with one attached hydrogen (secondary N) is 3. The molecule has 0 aromatic heterocycles. The van der Waals surface area contributed by atoms with Gasteiger partial charge in [-0.2, -0.15) is 0 Å². The van der Waals surface area contributed by atoms with Crippen LogP contribution in [0.5, 0.6) is 0 Å². The Balaban J connectivity index is 1.56. The van der Waals surface area contributed by atoms with Crippen molar-refractivity contribution in [2.24, 2.45) is 0 Å². The highest BCUT2D eigenvalue weighted by Gasteiger charge is 2.59. The minimum Gasteiger partial charge on any atom is -0.477 e. The van der Waals surface area contributed by atoms with Gasteiger partial charge in [0.25, 0.3) is 5.79 Å². The average Bonchev–Trinajstić information content (AvgIpc) is 3.60. The van der Waals surface area contributed by atoms with Crippen LogP contribution < -0.4 is 16.0 Å². The third kappa shape index (κ3) is 15.8. The van der Waals surface area contributed by atoms with E-state index in [2.05, 4.69) is 16.0 Å². The summed E-state index contributed by atoms with van der Waals surface area (Å²) in [6.07, 6.45) is -53.5. The van der Waals surface area contributed by atoms with E-state index in [1.54, 1.807) is 0 Å². The van der Waals surface area contributed by atoms with Gasteiger partial charge in [-0.1, -0.05) is 0 Å². The van der Waals surface area contributed by atoms with Crippen molar-refractivity contribution in [1.29, 1.82) is 0 Å². The van der Waals surface area contributed by atoms with Gasteiger partial charge in [0.1, 0.15) is 129 Å². The van der Waals surface area contributed by atoms with Crippen LogP contribution in [0.1, 0.15) is 34.1 Å². The predicted molar refractivity (Wildman–Crippen MR) is 252 cm³/mol. The van der Waals surface area contributed by atoms with Crippen LogP contribution in [-0.4, -0.2) is 344 Å². The Bertz CT molecular complexity index is 2020. The summed E-state index contributed by atoms with van der Waals surface area (Å²) in [7, 11) is 0. The fraction of sp³-hybridized carbons (Fsp3) is 0.911. The van der Waals surface area contributed by atoms with Gasteiger partial charge in [-0.05, 0) is 13.8 Å². The first-order valence-corrected chi connectivity index (χ1v) is 25.5. The number of aliphatic hydroxyl groups is 18. The Hall–Kier alpha value is -3.24. The van der Waals surface area contributed by atoms with E-state index >= 15 is 0 Å². The molecule has 0 aromatic carbocycles. The molecule has 30 atom stereocenters. The molecule has 0 saturated carbocycles. The number of aliphatic carboxylic acids is 1. The maximum Gasteiger partial charge on any atom is 0.364 e. The lowest BCUT2D eigenvalue weighted by atomic mass is 9.88. The lowest BCUT2D eigenvalue weighted by Crippen LogP contribution is -2.71. The van der Waals surface area contributed by atoms with Gasteiger partial charge in [0.15, 0.2) is 25.2 Å². The number of hydrogen-bond acceptors (Lipinski definition) is 32. The lowest BCUT2D eigenvalue weighted by Gasteiger charge is -2.51. The van der Waals surface area contributed by atoms with E-state index in [-0.39, 0.29) is 0 Å². The molecule has 0 aliphatic carbocycles. The van der Waals surface area contributed by atoms with Crippen molar-refractivity contribution in [3.8, 4) is 0 Å². The van der Waals surface area contributed by atoms with E-state index in [4.69, 9.17) is 47.4 Å². The van der Waals surface area contributed by atoms with Crippen LogP contribution in [0, 0.1) is 0 Å². The Kier molecular flexibility index (Phi) is 25.1. The lowest BCUT2D eigenvalue weighted by molar-refractivity contribution is -0.395. The van der Waals surface area contributed by atoms with Crippen LogP contribution in [0.4, 0.5) is 0 Å². The first-order valence-electron chi connectivity index (χ1n) is 25.5. The molecular formula is C45H77N3O33. The Morgan fingerprint density at radius 1 is 0.593 bits per heavy atom. The zero-order chi connectivity index (χ0) is 60.7. The summed E-state index contributed by atoms with van der Waals surface area (Å²) in [5.41, 5.74) is 0. The Labute approximate surface area is 459 Å². The van der Waals surface area contributed by atoms with Crippen molar-refractivity contribution < 1.29 is 164 Å². The average molecular weight is 1190 g/mol. The molecule has 5 saturated heterocycles. The molecule has 81 heavy (non-hydrogen) atoms. The van der Waals surface area contributed by atoms with Crippen molar-refractivity contribution in [3.63, 3.8) is 0 Å². The summed E-state index contributed by atoms with van der Waals surface area (Å²) >= 11 is 0. The molecule has 36 heteroatoms. The normalized spacial score (nSPS) is 42.6. The summed E-state index contributed by atoms with van der Waals surface area (Å²) in [5.74, 6) is -8.33. The Morgan fingerprint density at radius 2 is 1.14 bits per heavy atom. The topological polar surface area (TPSA) is 581 Å². The van der Waals surface area contributed by atoms with Gasteiger partial charge in [-0.25, -0.2) is 4.79 Å². The van der Waals surface area contributed by atoms with Crippen molar-refractivity contribution in [2.45, 2.75) is 217 Å². The van der Waals surface area contributed by atoms with E-state index in [9.17, 15) is 116 Å². The Morgan fingerprint density at radius 3 is 1.63 bits per heavy atom.